The normalized spacial score (nSPS) is 14.2. The van der Waals surface area contributed by atoms with Crippen molar-refractivity contribution in [1.29, 1.82) is 0 Å². The second-order valence-corrected chi connectivity index (χ2v) is 4.99. The van der Waals surface area contributed by atoms with Crippen LogP contribution < -0.4 is 15.6 Å². The Morgan fingerprint density at radius 1 is 1.40 bits per heavy atom. The van der Waals surface area contributed by atoms with Gasteiger partial charge < -0.3 is 10.1 Å². The van der Waals surface area contributed by atoms with Crippen LogP contribution in [-0.2, 0) is 6.54 Å². The fourth-order valence-electron chi connectivity index (χ4n) is 2.05. The van der Waals surface area contributed by atoms with Gasteiger partial charge in [0.15, 0.2) is 0 Å². The first-order chi connectivity index (χ1) is 9.76. The zero-order chi connectivity index (χ0) is 13.9. The SMILES string of the molecule is COc1cccc(-c2cc(CNC3CC3)c(=O)[nH]n2)c1. The Labute approximate surface area is 117 Å². The molecule has 0 amide bonds. The van der Waals surface area contributed by atoms with Crippen molar-refractivity contribution in [1.82, 2.24) is 15.5 Å². The van der Waals surface area contributed by atoms with Gasteiger partial charge in [0.2, 0.25) is 0 Å². The highest BCUT2D eigenvalue weighted by Crippen LogP contribution is 2.22. The molecule has 104 valence electrons. The lowest BCUT2D eigenvalue weighted by Gasteiger charge is -2.06. The van der Waals surface area contributed by atoms with Crippen LogP contribution in [0, 0.1) is 0 Å². The van der Waals surface area contributed by atoms with Gasteiger partial charge in [-0.1, -0.05) is 12.1 Å². The van der Waals surface area contributed by atoms with Gasteiger partial charge >= 0.3 is 0 Å². The number of rotatable bonds is 5. The van der Waals surface area contributed by atoms with Crippen molar-refractivity contribution in [2.75, 3.05) is 7.11 Å². The minimum absolute atomic E-state index is 0.134. The zero-order valence-electron chi connectivity index (χ0n) is 11.3. The Hall–Kier alpha value is -2.14. The van der Waals surface area contributed by atoms with E-state index in [9.17, 15) is 4.79 Å². The lowest BCUT2D eigenvalue weighted by atomic mass is 10.1. The lowest BCUT2D eigenvalue weighted by molar-refractivity contribution is 0.415. The van der Waals surface area contributed by atoms with Gasteiger partial charge in [0.25, 0.3) is 5.56 Å². The second kappa shape index (κ2) is 5.46. The molecule has 0 bridgehead atoms. The van der Waals surface area contributed by atoms with Gasteiger partial charge in [-0.05, 0) is 31.0 Å². The van der Waals surface area contributed by atoms with Crippen LogP contribution >= 0.6 is 0 Å². The Bertz CT molecular complexity index is 662. The highest BCUT2D eigenvalue weighted by atomic mass is 16.5. The topological polar surface area (TPSA) is 67.0 Å². The summed E-state index contributed by atoms with van der Waals surface area (Å²) in [5.74, 6) is 0.771. The maximum Gasteiger partial charge on any atom is 0.268 e. The summed E-state index contributed by atoms with van der Waals surface area (Å²) in [6.07, 6.45) is 2.40. The number of hydrogen-bond donors (Lipinski definition) is 2. The van der Waals surface area contributed by atoms with Gasteiger partial charge in [-0.15, -0.1) is 0 Å². The number of methoxy groups -OCH3 is 1. The van der Waals surface area contributed by atoms with E-state index in [2.05, 4.69) is 15.5 Å². The monoisotopic (exact) mass is 271 g/mol. The standard InChI is InChI=1S/C15H17N3O2/c1-20-13-4-2-3-10(7-13)14-8-11(15(19)18-17-14)9-16-12-5-6-12/h2-4,7-8,12,16H,5-6,9H2,1H3,(H,18,19). The number of hydrogen-bond acceptors (Lipinski definition) is 4. The average molecular weight is 271 g/mol. The molecule has 0 radical (unpaired) electrons. The van der Waals surface area contributed by atoms with Gasteiger partial charge in [-0.2, -0.15) is 5.10 Å². The first kappa shape index (κ1) is 12.9. The van der Waals surface area contributed by atoms with Crippen molar-refractivity contribution in [2.45, 2.75) is 25.4 Å². The molecule has 1 saturated carbocycles. The largest absolute Gasteiger partial charge is 0.497 e. The minimum atomic E-state index is -0.134. The van der Waals surface area contributed by atoms with Crippen LogP contribution in [0.5, 0.6) is 5.75 Å². The predicted molar refractivity (Wildman–Crippen MR) is 76.7 cm³/mol. The van der Waals surface area contributed by atoms with E-state index in [-0.39, 0.29) is 5.56 Å². The molecular weight excluding hydrogens is 254 g/mol. The molecular formula is C15H17N3O2. The molecule has 1 aromatic carbocycles. The molecule has 20 heavy (non-hydrogen) atoms. The van der Waals surface area contributed by atoms with Crippen LogP contribution in [0.2, 0.25) is 0 Å². The fourth-order valence-corrected chi connectivity index (χ4v) is 2.05. The highest BCUT2D eigenvalue weighted by molar-refractivity contribution is 5.61. The van der Waals surface area contributed by atoms with Crippen molar-refractivity contribution in [3.63, 3.8) is 0 Å². The molecule has 0 aliphatic heterocycles. The van der Waals surface area contributed by atoms with E-state index in [0.717, 1.165) is 17.0 Å². The molecule has 1 aromatic heterocycles. The molecule has 3 rings (SSSR count). The summed E-state index contributed by atoms with van der Waals surface area (Å²) in [4.78, 5) is 11.8. The Morgan fingerprint density at radius 3 is 3.00 bits per heavy atom. The van der Waals surface area contributed by atoms with E-state index in [1.807, 2.05) is 30.3 Å². The molecule has 2 aromatic rings. The smallest absolute Gasteiger partial charge is 0.268 e. The third-order valence-corrected chi connectivity index (χ3v) is 3.40. The van der Waals surface area contributed by atoms with E-state index in [1.54, 1.807) is 7.11 Å². The van der Waals surface area contributed by atoms with E-state index < -0.39 is 0 Å². The third kappa shape index (κ3) is 2.88. The minimum Gasteiger partial charge on any atom is -0.497 e. The second-order valence-electron chi connectivity index (χ2n) is 4.99. The molecule has 1 aliphatic carbocycles. The van der Waals surface area contributed by atoms with Crippen LogP contribution in [-0.4, -0.2) is 23.3 Å². The number of ether oxygens (including phenoxy) is 1. The number of nitrogens with zero attached hydrogens (tertiary/aromatic N) is 1. The van der Waals surface area contributed by atoms with Gasteiger partial charge in [-0.3, -0.25) is 4.79 Å². The molecule has 0 atom stereocenters. The first-order valence-electron chi connectivity index (χ1n) is 6.72. The van der Waals surface area contributed by atoms with Crippen molar-refractivity contribution < 1.29 is 4.74 Å². The number of aromatic amines is 1. The van der Waals surface area contributed by atoms with Crippen LogP contribution in [0.25, 0.3) is 11.3 Å². The van der Waals surface area contributed by atoms with Gasteiger partial charge in [-0.25, -0.2) is 5.10 Å². The number of nitrogens with one attached hydrogen (secondary N) is 2. The quantitative estimate of drug-likeness (QED) is 0.868. The molecule has 2 N–H and O–H groups in total. The molecule has 5 nitrogen and oxygen atoms in total. The number of H-pyrrole nitrogens is 1. The van der Waals surface area contributed by atoms with Gasteiger partial charge in [0.1, 0.15) is 5.75 Å². The Kier molecular flexibility index (Phi) is 3.52. The number of aromatic nitrogens is 2. The summed E-state index contributed by atoms with van der Waals surface area (Å²) in [7, 11) is 1.63. The Morgan fingerprint density at radius 2 is 2.25 bits per heavy atom. The van der Waals surface area contributed by atoms with Crippen molar-refractivity contribution in [3.05, 3.63) is 46.2 Å². The highest BCUT2D eigenvalue weighted by Gasteiger charge is 2.20. The van der Waals surface area contributed by atoms with Gasteiger partial charge in [0.05, 0.1) is 12.8 Å². The fraction of sp³-hybridized carbons (Fsp3) is 0.333. The summed E-state index contributed by atoms with van der Waals surface area (Å²) in [6, 6.07) is 10.0. The molecule has 1 fully saturated rings. The Balaban J connectivity index is 1.88. The van der Waals surface area contributed by atoms with Crippen molar-refractivity contribution >= 4 is 0 Å². The molecule has 0 saturated heterocycles. The third-order valence-electron chi connectivity index (χ3n) is 3.40. The zero-order valence-corrected chi connectivity index (χ0v) is 11.3. The van der Waals surface area contributed by atoms with E-state index in [1.165, 1.54) is 12.8 Å². The lowest BCUT2D eigenvalue weighted by Crippen LogP contribution is -2.23. The summed E-state index contributed by atoms with van der Waals surface area (Å²) in [5, 5.41) is 10.0. The molecule has 5 heteroatoms. The summed E-state index contributed by atoms with van der Waals surface area (Å²) in [5.41, 5.74) is 2.25. The van der Waals surface area contributed by atoms with E-state index in [0.29, 0.717) is 18.2 Å². The van der Waals surface area contributed by atoms with Gasteiger partial charge in [0, 0.05) is 23.7 Å². The van der Waals surface area contributed by atoms with Crippen molar-refractivity contribution in [2.24, 2.45) is 0 Å². The summed E-state index contributed by atoms with van der Waals surface area (Å²) >= 11 is 0. The van der Waals surface area contributed by atoms with Crippen LogP contribution in [0.4, 0.5) is 0 Å². The molecule has 0 spiro atoms. The maximum absolute atomic E-state index is 11.8. The van der Waals surface area contributed by atoms with Crippen LogP contribution in [0.3, 0.4) is 0 Å². The summed E-state index contributed by atoms with van der Waals surface area (Å²) < 4.78 is 5.21. The van der Waals surface area contributed by atoms with E-state index >= 15 is 0 Å². The first-order valence-corrected chi connectivity index (χ1v) is 6.72. The molecule has 1 aliphatic rings. The maximum atomic E-state index is 11.8. The molecule has 0 unspecified atom stereocenters. The van der Waals surface area contributed by atoms with Crippen molar-refractivity contribution in [3.8, 4) is 17.0 Å². The van der Waals surface area contributed by atoms with Crippen LogP contribution in [0.15, 0.2) is 35.1 Å². The van der Waals surface area contributed by atoms with E-state index in [4.69, 9.17) is 4.74 Å². The summed E-state index contributed by atoms with van der Waals surface area (Å²) in [6.45, 7) is 0.583. The number of benzene rings is 1. The van der Waals surface area contributed by atoms with Crippen LogP contribution in [0.1, 0.15) is 18.4 Å². The molecule has 1 heterocycles. The average Bonchev–Trinajstić information content (AvgIpc) is 3.31. The predicted octanol–water partition coefficient (Wildman–Crippen LogP) is 1.70.